The molecule has 4 heteroatoms. The number of likely N-dealkylation sites (tertiary alicyclic amines) is 1. The second-order valence-electron chi connectivity index (χ2n) is 3.19. The highest BCUT2D eigenvalue weighted by atomic mass is 35.5. The number of rotatable bonds is 2. The quantitative estimate of drug-likeness (QED) is 0.751. The summed E-state index contributed by atoms with van der Waals surface area (Å²) in [6.45, 7) is 2.43. The van der Waals surface area contributed by atoms with E-state index in [1.54, 1.807) is 0 Å². The summed E-state index contributed by atoms with van der Waals surface area (Å²) in [4.78, 5) is 2.46. The number of likely N-dealkylation sites (N-methyl/N-ethyl adjacent to an activating group) is 2. The van der Waals surface area contributed by atoms with Crippen molar-refractivity contribution in [2.45, 2.75) is 25.3 Å². The summed E-state index contributed by atoms with van der Waals surface area (Å²) in [5.74, 6) is 0. The van der Waals surface area contributed by atoms with E-state index in [-0.39, 0.29) is 24.8 Å². The molecule has 0 saturated carbocycles. The molecule has 0 amide bonds. The fraction of sp³-hybridized carbons (Fsp3) is 1.00. The Morgan fingerprint density at radius 2 is 2.00 bits per heavy atom. The van der Waals surface area contributed by atoms with Crippen molar-refractivity contribution in [1.82, 2.24) is 10.2 Å². The maximum absolute atomic E-state index is 3.23. The van der Waals surface area contributed by atoms with Crippen LogP contribution in [0.1, 0.15) is 19.3 Å². The minimum Gasteiger partial charge on any atom is -0.318 e. The first-order valence-corrected chi connectivity index (χ1v) is 4.19. The molecule has 1 atom stereocenters. The predicted octanol–water partition coefficient (Wildman–Crippen LogP) is 1.53. The highest BCUT2D eigenvalue weighted by molar-refractivity contribution is 5.85. The molecular formula is C8H20Cl2N2. The molecule has 12 heavy (non-hydrogen) atoms. The summed E-state index contributed by atoms with van der Waals surface area (Å²) in [7, 11) is 4.25. The normalized spacial score (nSPS) is 24.0. The van der Waals surface area contributed by atoms with Gasteiger partial charge in [-0.1, -0.05) is 6.42 Å². The Morgan fingerprint density at radius 1 is 1.33 bits per heavy atom. The summed E-state index contributed by atoms with van der Waals surface area (Å²) < 4.78 is 0. The van der Waals surface area contributed by atoms with E-state index in [9.17, 15) is 0 Å². The molecule has 0 aliphatic carbocycles. The fourth-order valence-electron chi connectivity index (χ4n) is 1.64. The van der Waals surface area contributed by atoms with Crippen LogP contribution in [0.5, 0.6) is 0 Å². The molecule has 2 nitrogen and oxygen atoms in total. The van der Waals surface area contributed by atoms with Gasteiger partial charge in [-0.3, -0.25) is 0 Å². The van der Waals surface area contributed by atoms with Gasteiger partial charge in [-0.25, -0.2) is 0 Å². The van der Waals surface area contributed by atoms with Gasteiger partial charge in [-0.05, 0) is 33.5 Å². The van der Waals surface area contributed by atoms with Gasteiger partial charge in [0, 0.05) is 12.6 Å². The predicted molar refractivity (Wildman–Crippen MR) is 58.7 cm³/mol. The molecule has 0 bridgehead atoms. The fourth-order valence-corrected chi connectivity index (χ4v) is 1.64. The number of piperidine rings is 1. The van der Waals surface area contributed by atoms with Crippen LogP contribution in [0.3, 0.4) is 0 Å². The number of nitrogens with zero attached hydrogens (tertiary/aromatic N) is 1. The van der Waals surface area contributed by atoms with Crippen molar-refractivity contribution in [2.24, 2.45) is 0 Å². The van der Waals surface area contributed by atoms with Gasteiger partial charge in [0.05, 0.1) is 0 Å². The molecule has 0 unspecified atom stereocenters. The summed E-state index contributed by atoms with van der Waals surface area (Å²) in [6, 6.07) is 0.791. The van der Waals surface area contributed by atoms with Crippen LogP contribution in [0.15, 0.2) is 0 Å². The van der Waals surface area contributed by atoms with Gasteiger partial charge in [0.25, 0.3) is 0 Å². The van der Waals surface area contributed by atoms with Crippen molar-refractivity contribution >= 4 is 24.8 Å². The van der Waals surface area contributed by atoms with Gasteiger partial charge < -0.3 is 10.2 Å². The van der Waals surface area contributed by atoms with E-state index in [2.05, 4.69) is 17.3 Å². The Morgan fingerprint density at radius 3 is 2.50 bits per heavy atom. The van der Waals surface area contributed by atoms with Gasteiger partial charge in [-0.15, -0.1) is 24.8 Å². The lowest BCUT2D eigenvalue weighted by Crippen LogP contribution is -2.42. The van der Waals surface area contributed by atoms with Crippen LogP contribution in [0, 0.1) is 0 Å². The summed E-state index contributed by atoms with van der Waals surface area (Å²) in [5, 5.41) is 3.23. The van der Waals surface area contributed by atoms with E-state index in [0.29, 0.717) is 0 Å². The zero-order valence-corrected chi connectivity index (χ0v) is 9.51. The second kappa shape index (κ2) is 8.11. The number of halogens is 2. The summed E-state index contributed by atoms with van der Waals surface area (Å²) in [5.41, 5.74) is 0. The smallest absolute Gasteiger partial charge is 0.0217 e. The zero-order chi connectivity index (χ0) is 7.40. The van der Waals surface area contributed by atoms with Gasteiger partial charge in [0.2, 0.25) is 0 Å². The average Bonchev–Trinajstić information content (AvgIpc) is 1.94. The lowest BCUT2D eigenvalue weighted by atomic mass is 10.0. The number of nitrogens with one attached hydrogen (secondary N) is 1. The number of hydrogen-bond donors (Lipinski definition) is 1. The maximum Gasteiger partial charge on any atom is 0.0217 e. The second-order valence-corrected chi connectivity index (χ2v) is 3.19. The van der Waals surface area contributed by atoms with Crippen LogP contribution in [0.4, 0.5) is 0 Å². The largest absolute Gasteiger partial charge is 0.318 e. The molecule has 1 N–H and O–H groups in total. The van der Waals surface area contributed by atoms with E-state index in [4.69, 9.17) is 0 Å². The highest BCUT2D eigenvalue weighted by Gasteiger charge is 2.16. The van der Waals surface area contributed by atoms with Crippen LogP contribution in [0.2, 0.25) is 0 Å². The molecule has 1 heterocycles. The van der Waals surface area contributed by atoms with Crippen LogP contribution in [0.25, 0.3) is 0 Å². The minimum atomic E-state index is 0. The Labute approximate surface area is 87.9 Å². The van der Waals surface area contributed by atoms with E-state index >= 15 is 0 Å². The lowest BCUT2D eigenvalue weighted by Gasteiger charge is -2.32. The maximum atomic E-state index is 3.23. The number of hydrogen-bond acceptors (Lipinski definition) is 2. The van der Waals surface area contributed by atoms with E-state index in [1.807, 2.05) is 7.05 Å². The van der Waals surface area contributed by atoms with Gasteiger partial charge >= 0.3 is 0 Å². The Bertz CT molecular complexity index is 99.1. The SMILES string of the molecule is CNC[C@@H]1CCCCN1C.Cl.Cl. The molecule has 1 saturated heterocycles. The third-order valence-corrected chi connectivity index (χ3v) is 2.36. The van der Waals surface area contributed by atoms with Crippen LogP contribution >= 0.6 is 24.8 Å². The van der Waals surface area contributed by atoms with Crippen molar-refractivity contribution in [1.29, 1.82) is 0 Å². The Hall–Kier alpha value is 0.500. The topological polar surface area (TPSA) is 15.3 Å². The van der Waals surface area contributed by atoms with E-state index in [1.165, 1.54) is 25.8 Å². The minimum absolute atomic E-state index is 0. The third kappa shape index (κ3) is 4.51. The van der Waals surface area contributed by atoms with Crippen LogP contribution in [-0.2, 0) is 0 Å². The van der Waals surface area contributed by atoms with E-state index in [0.717, 1.165) is 12.6 Å². The standard InChI is InChI=1S/C8H18N2.2ClH/c1-9-7-8-5-3-4-6-10(8)2;;/h8-9H,3-7H2,1-2H3;2*1H/t8-;;/m0../s1. The van der Waals surface area contributed by atoms with Crippen molar-refractivity contribution in [3.63, 3.8) is 0 Å². The van der Waals surface area contributed by atoms with Crippen LogP contribution < -0.4 is 5.32 Å². The Kier molecular flexibility index (Phi) is 10.1. The molecule has 0 radical (unpaired) electrons. The van der Waals surface area contributed by atoms with Gasteiger partial charge in [0.15, 0.2) is 0 Å². The molecule has 0 aromatic rings. The summed E-state index contributed by atoms with van der Waals surface area (Å²) in [6.07, 6.45) is 4.17. The molecule has 0 aromatic carbocycles. The van der Waals surface area contributed by atoms with Crippen LogP contribution in [-0.4, -0.2) is 38.1 Å². The molecule has 1 aliphatic heterocycles. The van der Waals surface area contributed by atoms with Crippen molar-refractivity contribution in [3.05, 3.63) is 0 Å². The van der Waals surface area contributed by atoms with Gasteiger partial charge in [-0.2, -0.15) is 0 Å². The molecule has 0 aromatic heterocycles. The third-order valence-electron chi connectivity index (χ3n) is 2.36. The molecule has 0 spiro atoms. The molecule has 1 fully saturated rings. The molecule has 1 rings (SSSR count). The average molecular weight is 215 g/mol. The molecule has 76 valence electrons. The summed E-state index contributed by atoms with van der Waals surface area (Å²) >= 11 is 0. The Balaban J connectivity index is 0. The molecule has 1 aliphatic rings. The lowest BCUT2D eigenvalue weighted by molar-refractivity contribution is 0.184. The first kappa shape index (κ1) is 15.0. The monoisotopic (exact) mass is 214 g/mol. The first-order chi connectivity index (χ1) is 4.84. The van der Waals surface area contributed by atoms with Gasteiger partial charge in [0.1, 0.15) is 0 Å². The van der Waals surface area contributed by atoms with Crippen molar-refractivity contribution in [3.8, 4) is 0 Å². The highest BCUT2D eigenvalue weighted by Crippen LogP contribution is 2.13. The first-order valence-electron chi connectivity index (χ1n) is 4.19. The van der Waals surface area contributed by atoms with E-state index < -0.39 is 0 Å². The van der Waals surface area contributed by atoms with Crippen molar-refractivity contribution < 1.29 is 0 Å². The zero-order valence-electron chi connectivity index (χ0n) is 7.88. The molecular weight excluding hydrogens is 195 g/mol. The van der Waals surface area contributed by atoms with Crippen molar-refractivity contribution in [2.75, 3.05) is 27.2 Å².